The van der Waals surface area contributed by atoms with E-state index in [1.807, 2.05) is 55.6 Å². The van der Waals surface area contributed by atoms with E-state index < -0.39 is 5.82 Å². The Morgan fingerprint density at radius 1 is 0.953 bits per heavy atom. The number of nitrogens with zero attached hydrogens (tertiary/aromatic N) is 5. The summed E-state index contributed by atoms with van der Waals surface area (Å²) in [5, 5.41) is 2.79. The third kappa shape index (κ3) is 6.67. The van der Waals surface area contributed by atoms with Gasteiger partial charge in [0.15, 0.2) is 0 Å². The van der Waals surface area contributed by atoms with Crippen molar-refractivity contribution in [2.45, 2.75) is 32.6 Å². The standard InChI is InChI=1S/C34H33FN6O2/c1-34(2,3)27-19-30(37-20-26(27)8-9-33(43)40(4)5)39-32(42)18-24-6-7-25(16-28(24)35)29-21-38-31-17-23(12-15-41(29)31)22-10-13-36-14-11-22/h6-17,19-21H,18H2,1-5H3,(H,37,39,42). The minimum absolute atomic E-state index is 0.137. The number of likely N-dealkylation sites (N-methyl/N-ethyl adjacent to an activating group) is 1. The van der Waals surface area contributed by atoms with Crippen molar-refractivity contribution in [1.29, 1.82) is 0 Å². The average molecular weight is 577 g/mol. The molecule has 0 atom stereocenters. The van der Waals surface area contributed by atoms with E-state index in [-0.39, 0.29) is 29.2 Å². The van der Waals surface area contributed by atoms with Crippen molar-refractivity contribution in [3.8, 4) is 22.4 Å². The Kier molecular flexibility index (Phi) is 8.16. The summed E-state index contributed by atoms with van der Waals surface area (Å²) in [5.74, 6) is -0.643. The van der Waals surface area contributed by atoms with E-state index in [9.17, 15) is 9.59 Å². The van der Waals surface area contributed by atoms with Crippen molar-refractivity contribution in [3.05, 3.63) is 108 Å². The molecule has 0 aliphatic heterocycles. The van der Waals surface area contributed by atoms with Crippen LogP contribution in [-0.2, 0) is 21.4 Å². The Morgan fingerprint density at radius 3 is 2.42 bits per heavy atom. The van der Waals surface area contributed by atoms with Gasteiger partial charge in [0, 0.05) is 50.5 Å². The fourth-order valence-corrected chi connectivity index (χ4v) is 4.75. The molecule has 0 unspecified atom stereocenters. The summed E-state index contributed by atoms with van der Waals surface area (Å²) in [4.78, 5) is 39.4. The zero-order chi connectivity index (χ0) is 30.7. The smallest absolute Gasteiger partial charge is 0.246 e. The molecule has 0 saturated carbocycles. The van der Waals surface area contributed by atoms with Gasteiger partial charge in [-0.25, -0.2) is 14.4 Å². The first-order valence-electron chi connectivity index (χ1n) is 13.9. The summed E-state index contributed by atoms with van der Waals surface area (Å²) in [5.41, 5.74) is 5.86. The number of anilines is 1. The highest BCUT2D eigenvalue weighted by Crippen LogP contribution is 2.29. The minimum Gasteiger partial charge on any atom is -0.345 e. The first kappa shape index (κ1) is 29.3. The van der Waals surface area contributed by atoms with Crippen molar-refractivity contribution in [1.82, 2.24) is 24.3 Å². The van der Waals surface area contributed by atoms with Gasteiger partial charge in [-0.1, -0.05) is 32.9 Å². The Morgan fingerprint density at radius 2 is 1.72 bits per heavy atom. The van der Waals surface area contributed by atoms with E-state index in [0.717, 1.165) is 33.6 Å². The molecule has 0 spiro atoms. The van der Waals surface area contributed by atoms with E-state index in [1.54, 1.807) is 63.2 Å². The molecule has 5 aromatic rings. The van der Waals surface area contributed by atoms with Crippen LogP contribution >= 0.6 is 0 Å². The number of fused-ring (bicyclic) bond motifs is 1. The largest absolute Gasteiger partial charge is 0.345 e. The van der Waals surface area contributed by atoms with Crippen molar-refractivity contribution >= 4 is 29.4 Å². The van der Waals surface area contributed by atoms with Gasteiger partial charge in [-0.15, -0.1) is 0 Å². The summed E-state index contributed by atoms with van der Waals surface area (Å²) < 4.78 is 17.1. The van der Waals surface area contributed by atoms with Crippen LogP contribution < -0.4 is 5.32 Å². The van der Waals surface area contributed by atoms with E-state index in [2.05, 4.69) is 20.3 Å². The summed E-state index contributed by atoms with van der Waals surface area (Å²) in [7, 11) is 3.37. The summed E-state index contributed by atoms with van der Waals surface area (Å²) in [6.45, 7) is 6.12. The molecule has 5 rings (SSSR count). The van der Waals surface area contributed by atoms with Crippen LogP contribution in [0.3, 0.4) is 0 Å². The molecule has 0 bridgehead atoms. The second-order valence-electron chi connectivity index (χ2n) is 11.5. The van der Waals surface area contributed by atoms with E-state index in [1.165, 1.54) is 17.0 Å². The topological polar surface area (TPSA) is 92.5 Å². The normalized spacial score (nSPS) is 11.7. The first-order valence-corrected chi connectivity index (χ1v) is 13.9. The zero-order valence-corrected chi connectivity index (χ0v) is 24.8. The van der Waals surface area contributed by atoms with Gasteiger partial charge < -0.3 is 10.2 Å². The number of benzene rings is 1. The third-order valence-electron chi connectivity index (χ3n) is 7.08. The highest BCUT2D eigenvalue weighted by Gasteiger charge is 2.20. The van der Waals surface area contributed by atoms with Crippen LogP contribution in [0, 0.1) is 5.82 Å². The Balaban J connectivity index is 1.31. The lowest BCUT2D eigenvalue weighted by Gasteiger charge is -2.22. The van der Waals surface area contributed by atoms with Crippen molar-refractivity contribution in [3.63, 3.8) is 0 Å². The fourth-order valence-electron chi connectivity index (χ4n) is 4.75. The van der Waals surface area contributed by atoms with Gasteiger partial charge in [-0.2, -0.15) is 0 Å². The number of imidazole rings is 1. The maximum atomic E-state index is 15.2. The van der Waals surface area contributed by atoms with Crippen LogP contribution in [-0.4, -0.2) is 50.2 Å². The molecule has 0 fully saturated rings. The number of pyridine rings is 3. The van der Waals surface area contributed by atoms with Crippen LogP contribution in [0.4, 0.5) is 10.2 Å². The van der Waals surface area contributed by atoms with Gasteiger partial charge in [0.25, 0.3) is 0 Å². The molecule has 0 aliphatic rings. The van der Waals surface area contributed by atoms with Crippen molar-refractivity contribution in [2.24, 2.45) is 0 Å². The molecule has 2 amide bonds. The lowest BCUT2D eigenvalue weighted by molar-refractivity contribution is -0.123. The van der Waals surface area contributed by atoms with Crippen molar-refractivity contribution in [2.75, 3.05) is 19.4 Å². The SMILES string of the molecule is CN(C)C(=O)C=Cc1cnc(NC(=O)Cc2ccc(-c3cnc4cc(-c5ccncc5)ccn34)cc2F)cc1C(C)(C)C. The van der Waals surface area contributed by atoms with Crippen molar-refractivity contribution < 1.29 is 14.0 Å². The number of rotatable bonds is 7. The lowest BCUT2D eigenvalue weighted by Crippen LogP contribution is -2.20. The molecule has 4 aromatic heterocycles. The molecule has 218 valence electrons. The highest BCUT2D eigenvalue weighted by molar-refractivity contribution is 5.93. The summed E-state index contributed by atoms with van der Waals surface area (Å²) in [6.07, 6.45) is 11.8. The van der Waals surface area contributed by atoms with Gasteiger partial charge in [0.05, 0.1) is 18.3 Å². The van der Waals surface area contributed by atoms with Crippen LogP contribution in [0.15, 0.2) is 85.6 Å². The molecule has 8 nitrogen and oxygen atoms in total. The molecule has 43 heavy (non-hydrogen) atoms. The van der Waals surface area contributed by atoms with Crippen LogP contribution in [0.25, 0.3) is 34.1 Å². The Hall–Kier alpha value is -5.18. The second-order valence-corrected chi connectivity index (χ2v) is 11.5. The molecule has 4 heterocycles. The minimum atomic E-state index is -0.481. The average Bonchev–Trinajstić information content (AvgIpc) is 3.40. The number of hydrogen-bond acceptors (Lipinski definition) is 5. The number of carbonyl (C=O) groups is 2. The molecular weight excluding hydrogens is 543 g/mol. The van der Waals surface area contributed by atoms with Gasteiger partial charge in [-0.3, -0.25) is 19.0 Å². The van der Waals surface area contributed by atoms with Crippen LogP contribution in [0.1, 0.15) is 37.5 Å². The molecular formula is C34H33FN6O2. The first-order chi connectivity index (χ1) is 20.5. The monoisotopic (exact) mass is 576 g/mol. The predicted molar refractivity (Wildman–Crippen MR) is 167 cm³/mol. The van der Waals surface area contributed by atoms with Gasteiger partial charge in [0.1, 0.15) is 17.3 Å². The Bertz CT molecular complexity index is 1840. The molecule has 0 saturated heterocycles. The molecule has 9 heteroatoms. The maximum absolute atomic E-state index is 15.2. The second kappa shape index (κ2) is 12.0. The molecule has 0 aliphatic carbocycles. The van der Waals surface area contributed by atoms with Crippen LogP contribution in [0.5, 0.6) is 0 Å². The summed E-state index contributed by atoms with van der Waals surface area (Å²) >= 11 is 0. The summed E-state index contributed by atoms with van der Waals surface area (Å²) in [6, 6.07) is 14.5. The van der Waals surface area contributed by atoms with Gasteiger partial charge >= 0.3 is 0 Å². The zero-order valence-electron chi connectivity index (χ0n) is 24.8. The Labute approximate surface area is 250 Å². The number of amides is 2. The lowest BCUT2D eigenvalue weighted by atomic mass is 9.84. The number of carbonyl (C=O) groups excluding carboxylic acids is 2. The highest BCUT2D eigenvalue weighted by atomic mass is 19.1. The predicted octanol–water partition coefficient (Wildman–Crippen LogP) is 6.18. The fraction of sp³-hybridized carbons (Fsp3) is 0.206. The number of nitrogens with one attached hydrogen (secondary N) is 1. The van der Waals surface area contributed by atoms with Gasteiger partial charge in [-0.05, 0) is 75.7 Å². The molecule has 1 N–H and O–H groups in total. The van der Waals surface area contributed by atoms with E-state index in [4.69, 9.17) is 0 Å². The quantitative estimate of drug-likeness (QED) is 0.234. The molecule has 0 radical (unpaired) electrons. The van der Waals surface area contributed by atoms with E-state index >= 15 is 4.39 Å². The molecule has 1 aromatic carbocycles. The maximum Gasteiger partial charge on any atom is 0.246 e. The van der Waals surface area contributed by atoms with E-state index in [0.29, 0.717) is 11.4 Å². The number of halogens is 1. The number of hydrogen-bond donors (Lipinski definition) is 1. The number of aromatic nitrogens is 4. The van der Waals surface area contributed by atoms with Crippen LogP contribution in [0.2, 0.25) is 0 Å². The third-order valence-corrected chi connectivity index (χ3v) is 7.08. The van der Waals surface area contributed by atoms with Gasteiger partial charge in [0.2, 0.25) is 11.8 Å².